The lowest BCUT2D eigenvalue weighted by Crippen LogP contribution is -2.27. The highest BCUT2D eigenvalue weighted by Crippen LogP contribution is 2.31. The second kappa shape index (κ2) is 8.06. The van der Waals surface area contributed by atoms with Crippen LogP contribution in [0.3, 0.4) is 0 Å². The summed E-state index contributed by atoms with van der Waals surface area (Å²) in [6.45, 7) is 5.98. The van der Waals surface area contributed by atoms with Gasteiger partial charge in [-0.3, -0.25) is 0 Å². The molecular weight excluding hydrogens is 300 g/mol. The molecule has 0 N–H and O–H groups in total. The van der Waals surface area contributed by atoms with E-state index in [1.165, 1.54) is 6.08 Å². The van der Waals surface area contributed by atoms with Crippen LogP contribution in [0.1, 0.15) is 33.6 Å². The van der Waals surface area contributed by atoms with Crippen LogP contribution in [0.15, 0.2) is 24.3 Å². The number of carbonyl (C=O) groups excluding carboxylic acids is 1. The van der Waals surface area contributed by atoms with Gasteiger partial charge in [-0.15, -0.1) is 0 Å². The maximum atomic E-state index is 11.3. The van der Waals surface area contributed by atoms with Crippen molar-refractivity contribution < 1.29 is 28.5 Å². The first-order valence-electron chi connectivity index (χ1n) is 7.91. The maximum Gasteiger partial charge on any atom is 0.331 e. The molecule has 2 rings (SSSR count). The van der Waals surface area contributed by atoms with Gasteiger partial charge in [0, 0.05) is 26.0 Å². The number of cyclic esters (lactones) is 1. The van der Waals surface area contributed by atoms with E-state index in [-0.39, 0.29) is 37.2 Å². The summed E-state index contributed by atoms with van der Waals surface area (Å²) in [6, 6.07) is 0. The van der Waals surface area contributed by atoms with Crippen molar-refractivity contribution in [3.63, 3.8) is 0 Å². The molecule has 0 spiro atoms. The third-order valence-electron chi connectivity index (χ3n) is 3.72. The van der Waals surface area contributed by atoms with E-state index in [9.17, 15) is 4.79 Å². The number of hydrogen-bond acceptors (Lipinski definition) is 6. The topological polar surface area (TPSA) is 63.2 Å². The molecule has 0 aromatic heterocycles. The van der Waals surface area contributed by atoms with Crippen molar-refractivity contribution in [2.24, 2.45) is 0 Å². The summed E-state index contributed by atoms with van der Waals surface area (Å²) >= 11 is 0. The smallest absolute Gasteiger partial charge is 0.331 e. The first-order chi connectivity index (χ1) is 10.9. The Bertz CT molecular complexity index is 456. The zero-order valence-electron chi connectivity index (χ0n) is 14.2. The van der Waals surface area contributed by atoms with Gasteiger partial charge < -0.3 is 23.7 Å². The fourth-order valence-electron chi connectivity index (χ4n) is 2.74. The number of methoxy groups -OCH3 is 1. The minimum absolute atomic E-state index is 0.0116. The minimum Gasteiger partial charge on any atom is -0.455 e. The van der Waals surface area contributed by atoms with Crippen molar-refractivity contribution in [3.05, 3.63) is 24.3 Å². The molecule has 4 atom stereocenters. The Labute approximate surface area is 137 Å². The van der Waals surface area contributed by atoms with Crippen LogP contribution in [0, 0.1) is 0 Å². The van der Waals surface area contributed by atoms with Crippen LogP contribution in [0.25, 0.3) is 0 Å². The second-order valence-corrected chi connectivity index (χ2v) is 6.22. The number of hydrogen-bond donors (Lipinski definition) is 0. The van der Waals surface area contributed by atoms with E-state index < -0.39 is 5.79 Å². The highest BCUT2D eigenvalue weighted by molar-refractivity contribution is 5.82. The maximum absolute atomic E-state index is 11.3. The Kier molecular flexibility index (Phi) is 6.35. The monoisotopic (exact) mass is 326 g/mol. The third kappa shape index (κ3) is 5.73. The summed E-state index contributed by atoms with van der Waals surface area (Å²) in [6.07, 6.45) is 7.78. The van der Waals surface area contributed by atoms with Crippen molar-refractivity contribution in [3.8, 4) is 0 Å². The second-order valence-electron chi connectivity index (χ2n) is 6.22. The molecule has 1 saturated heterocycles. The van der Waals surface area contributed by atoms with Gasteiger partial charge in [0.1, 0.15) is 12.9 Å². The van der Waals surface area contributed by atoms with E-state index in [1.807, 2.05) is 39.0 Å². The molecule has 0 radical (unpaired) electrons. The lowest BCUT2D eigenvalue weighted by Gasteiger charge is -2.21. The van der Waals surface area contributed by atoms with Gasteiger partial charge in [-0.05, 0) is 26.8 Å². The van der Waals surface area contributed by atoms with E-state index >= 15 is 0 Å². The minimum atomic E-state index is -0.580. The molecular formula is C17H26O6. The summed E-state index contributed by atoms with van der Waals surface area (Å²) in [7, 11) is 1.58. The Balaban J connectivity index is 1.94. The fraction of sp³-hybridized carbons (Fsp3) is 0.706. The molecule has 2 aliphatic rings. The molecule has 1 fully saturated rings. The van der Waals surface area contributed by atoms with Crippen LogP contribution < -0.4 is 0 Å². The van der Waals surface area contributed by atoms with Crippen molar-refractivity contribution in [1.82, 2.24) is 0 Å². The van der Waals surface area contributed by atoms with Gasteiger partial charge in [-0.25, -0.2) is 4.79 Å². The standard InChI is InChI=1S/C17H26O6/c1-12-15(23-17(2,3)22-12)10-14(20-11-19-4)9-8-13-6-5-7-16(18)21-13/h5,7-9,12-15H,6,10-11H2,1-4H3/b9-8-/t12-,13+,14+,15-/m0/s1. The van der Waals surface area contributed by atoms with Gasteiger partial charge >= 0.3 is 5.97 Å². The SMILES string of the molecule is COCO[C@H](/C=C\[C@H]1CC=CC(=O)O1)C[C@@H]1OC(C)(C)O[C@H]1C. The van der Waals surface area contributed by atoms with Gasteiger partial charge in [0.05, 0.1) is 18.3 Å². The highest BCUT2D eigenvalue weighted by Gasteiger charge is 2.39. The molecule has 0 unspecified atom stereocenters. The Hall–Kier alpha value is -1.21. The van der Waals surface area contributed by atoms with Crippen molar-refractivity contribution in [2.75, 3.05) is 13.9 Å². The summed E-state index contributed by atoms with van der Waals surface area (Å²) in [4.78, 5) is 11.3. The van der Waals surface area contributed by atoms with Crippen molar-refractivity contribution in [1.29, 1.82) is 0 Å². The quantitative estimate of drug-likeness (QED) is 0.406. The van der Waals surface area contributed by atoms with Crippen LogP contribution >= 0.6 is 0 Å². The van der Waals surface area contributed by atoms with Crippen molar-refractivity contribution >= 4 is 5.97 Å². The van der Waals surface area contributed by atoms with Crippen LogP contribution in [0.5, 0.6) is 0 Å². The third-order valence-corrected chi connectivity index (χ3v) is 3.72. The first-order valence-corrected chi connectivity index (χ1v) is 7.91. The predicted molar refractivity (Wildman–Crippen MR) is 83.6 cm³/mol. The van der Waals surface area contributed by atoms with E-state index in [0.717, 1.165) is 0 Å². The number of rotatable bonds is 7. The Morgan fingerprint density at radius 2 is 2.22 bits per heavy atom. The van der Waals surface area contributed by atoms with Gasteiger partial charge in [0.2, 0.25) is 0 Å². The molecule has 6 nitrogen and oxygen atoms in total. The Morgan fingerprint density at radius 1 is 1.43 bits per heavy atom. The fourth-order valence-corrected chi connectivity index (χ4v) is 2.74. The number of carbonyl (C=O) groups is 1. The van der Waals surface area contributed by atoms with Crippen LogP contribution in [-0.2, 0) is 28.5 Å². The number of esters is 1. The molecule has 0 saturated carbocycles. The molecule has 0 aromatic carbocycles. The first kappa shape index (κ1) is 18.1. The van der Waals surface area contributed by atoms with Crippen LogP contribution in [0.2, 0.25) is 0 Å². The van der Waals surface area contributed by atoms with Crippen LogP contribution in [0.4, 0.5) is 0 Å². The predicted octanol–water partition coefficient (Wildman–Crippen LogP) is 2.33. The van der Waals surface area contributed by atoms with Gasteiger partial charge in [0.15, 0.2) is 5.79 Å². The molecule has 0 amide bonds. The normalized spacial score (nSPS) is 31.5. The van der Waals surface area contributed by atoms with Gasteiger partial charge in [0.25, 0.3) is 0 Å². The summed E-state index contributed by atoms with van der Waals surface area (Å²) in [5.41, 5.74) is 0. The largest absolute Gasteiger partial charge is 0.455 e. The molecule has 0 bridgehead atoms. The molecule has 0 aliphatic carbocycles. The van der Waals surface area contributed by atoms with E-state index in [0.29, 0.717) is 12.8 Å². The lowest BCUT2D eigenvalue weighted by atomic mass is 10.1. The average molecular weight is 326 g/mol. The van der Waals surface area contributed by atoms with Crippen LogP contribution in [-0.4, -0.2) is 50.1 Å². The van der Waals surface area contributed by atoms with E-state index in [2.05, 4.69) is 0 Å². The zero-order chi connectivity index (χ0) is 16.9. The summed E-state index contributed by atoms with van der Waals surface area (Å²) in [5.74, 6) is -0.897. The van der Waals surface area contributed by atoms with E-state index in [1.54, 1.807) is 7.11 Å². The van der Waals surface area contributed by atoms with E-state index in [4.69, 9.17) is 23.7 Å². The summed E-state index contributed by atoms with van der Waals surface area (Å²) < 4.78 is 27.6. The summed E-state index contributed by atoms with van der Waals surface area (Å²) in [5, 5.41) is 0. The molecule has 23 heavy (non-hydrogen) atoms. The van der Waals surface area contributed by atoms with Crippen molar-refractivity contribution in [2.45, 2.75) is 63.8 Å². The average Bonchev–Trinajstić information content (AvgIpc) is 2.74. The molecule has 2 heterocycles. The zero-order valence-corrected chi connectivity index (χ0v) is 14.2. The molecule has 130 valence electrons. The Morgan fingerprint density at radius 3 is 2.83 bits per heavy atom. The van der Waals surface area contributed by atoms with Gasteiger partial charge in [-0.1, -0.05) is 12.2 Å². The molecule has 6 heteroatoms. The lowest BCUT2D eigenvalue weighted by molar-refractivity contribution is -0.149. The van der Waals surface area contributed by atoms with Gasteiger partial charge in [-0.2, -0.15) is 0 Å². The number of ether oxygens (including phenoxy) is 5. The highest BCUT2D eigenvalue weighted by atomic mass is 16.8. The molecule has 2 aliphatic heterocycles. The molecule has 0 aromatic rings.